The second kappa shape index (κ2) is 16.3. The van der Waals surface area contributed by atoms with Crippen molar-refractivity contribution in [1.82, 2.24) is 0 Å². The van der Waals surface area contributed by atoms with Gasteiger partial charge in [0.1, 0.15) is 35.9 Å². The standard InChI is InChI=1S/C41H50O13/c1-8-9-12-21-31(45)51-30-22-24(2)41-35(49-26(4)43)32(39(6,7)54-41)33(52-37(46)28-17-13-10-14-18-28)36(50-27(5)44)40(41,23-48-25(3)42)34(30)53-38(47)29-19-15-11-16-20-29/h10-11,13-20,24,30,32-36H,8-9,12,21-23H2,1-7H3. The van der Waals surface area contributed by atoms with Gasteiger partial charge in [0, 0.05) is 27.2 Å². The lowest BCUT2D eigenvalue weighted by molar-refractivity contribution is -0.328. The highest BCUT2D eigenvalue weighted by Crippen LogP contribution is 2.68. The quantitative estimate of drug-likeness (QED) is 0.142. The number of hydrogen-bond donors (Lipinski definition) is 0. The Morgan fingerprint density at radius 2 is 1.26 bits per heavy atom. The fourth-order valence-electron chi connectivity index (χ4n) is 8.91. The van der Waals surface area contributed by atoms with Gasteiger partial charge in [0.25, 0.3) is 0 Å². The number of benzene rings is 2. The van der Waals surface area contributed by atoms with Gasteiger partial charge in [-0.15, -0.1) is 0 Å². The van der Waals surface area contributed by atoms with E-state index < -0.39 is 101 Å². The number of rotatable bonds is 13. The van der Waals surface area contributed by atoms with E-state index in [0.717, 1.165) is 19.8 Å². The van der Waals surface area contributed by atoms with Crippen LogP contribution in [0.3, 0.4) is 0 Å². The molecule has 13 nitrogen and oxygen atoms in total. The van der Waals surface area contributed by atoms with Gasteiger partial charge in [-0.05, 0) is 56.9 Å². The minimum Gasteiger partial charge on any atom is -0.465 e. The van der Waals surface area contributed by atoms with Crippen LogP contribution in [0.4, 0.5) is 0 Å². The maximum absolute atomic E-state index is 14.2. The van der Waals surface area contributed by atoms with E-state index in [1.54, 1.807) is 69.3 Å². The molecule has 54 heavy (non-hydrogen) atoms. The van der Waals surface area contributed by atoms with Gasteiger partial charge in [-0.3, -0.25) is 19.2 Å². The van der Waals surface area contributed by atoms with Crippen LogP contribution in [0.15, 0.2) is 60.7 Å². The smallest absolute Gasteiger partial charge is 0.338 e. The van der Waals surface area contributed by atoms with Crippen molar-refractivity contribution in [3.8, 4) is 0 Å². The molecule has 2 bridgehead atoms. The first kappa shape index (κ1) is 40.4. The van der Waals surface area contributed by atoms with Crippen LogP contribution < -0.4 is 0 Å². The van der Waals surface area contributed by atoms with E-state index in [2.05, 4.69) is 0 Å². The van der Waals surface area contributed by atoms with Crippen molar-refractivity contribution < 1.29 is 61.9 Å². The second-order valence-electron chi connectivity index (χ2n) is 15.0. The number of carbonyl (C=O) groups excluding carboxylic acids is 6. The van der Waals surface area contributed by atoms with Crippen molar-refractivity contribution in [3.63, 3.8) is 0 Å². The van der Waals surface area contributed by atoms with E-state index in [4.69, 9.17) is 33.2 Å². The molecule has 9 unspecified atom stereocenters. The van der Waals surface area contributed by atoms with Crippen LogP contribution in [-0.4, -0.2) is 84.1 Å². The third kappa shape index (κ3) is 7.60. The highest BCUT2D eigenvalue weighted by Gasteiger charge is 2.85. The molecule has 9 atom stereocenters. The molecule has 1 heterocycles. The zero-order valence-corrected chi connectivity index (χ0v) is 31.9. The lowest BCUT2D eigenvalue weighted by Crippen LogP contribution is -2.81. The minimum atomic E-state index is -2.02. The van der Waals surface area contributed by atoms with Gasteiger partial charge in [-0.2, -0.15) is 0 Å². The summed E-state index contributed by atoms with van der Waals surface area (Å²) in [6.45, 7) is 10.2. The Hall–Kier alpha value is -4.78. The second-order valence-corrected chi connectivity index (χ2v) is 15.0. The van der Waals surface area contributed by atoms with Crippen LogP contribution in [0.2, 0.25) is 0 Å². The molecule has 1 spiro atoms. The molecular formula is C41H50O13. The molecule has 2 aromatic rings. The van der Waals surface area contributed by atoms with Crippen LogP contribution in [0.25, 0.3) is 0 Å². The van der Waals surface area contributed by atoms with Gasteiger partial charge >= 0.3 is 35.8 Å². The molecule has 13 heteroatoms. The maximum Gasteiger partial charge on any atom is 0.338 e. The average molecular weight is 751 g/mol. The Labute approximate surface area is 315 Å². The third-order valence-corrected chi connectivity index (χ3v) is 10.9. The summed E-state index contributed by atoms with van der Waals surface area (Å²) >= 11 is 0. The fraction of sp³-hybridized carbons (Fsp3) is 0.561. The Morgan fingerprint density at radius 3 is 1.80 bits per heavy atom. The molecular weight excluding hydrogens is 700 g/mol. The summed E-state index contributed by atoms with van der Waals surface area (Å²) in [6, 6.07) is 16.2. The topological polar surface area (TPSA) is 167 Å². The zero-order chi connectivity index (χ0) is 39.4. The molecule has 2 aliphatic carbocycles. The van der Waals surface area contributed by atoms with E-state index in [9.17, 15) is 28.8 Å². The third-order valence-electron chi connectivity index (χ3n) is 10.9. The Kier molecular flexibility index (Phi) is 12.2. The number of carbonyl (C=O) groups is 6. The van der Waals surface area contributed by atoms with Gasteiger partial charge in [-0.25, -0.2) is 9.59 Å². The number of unbranched alkanes of at least 4 members (excludes halogenated alkanes) is 2. The van der Waals surface area contributed by atoms with Crippen molar-refractivity contribution in [3.05, 3.63) is 71.8 Å². The van der Waals surface area contributed by atoms with Gasteiger partial charge < -0.3 is 33.2 Å². The molecule has 3 fully saturated rings. The summed E-state index contributed by atoms with van der Waals surface area (Å²) < 4.78 is 44.3. The highest BCUT2D eigenvalue weighted by molar-refractivity contribution is 5.90. The summed E-state index contributed by atoms with van der Waals surface area (Å²) in [5.41, 5.74) is -4.72. The maximum atomic E-state index is 14.2. The molecule has 5 rings (SSSR count). The molecule has 3 aliphatic rings. The molecule has 0 amide bonds. The number of esters is 6. The summed E-state index contributed by atoms with van der Waals surface area (Å²) in [7, 11) is 0. The van der Waals surface area contributed by atoms with Crippen LogP contribution >= 0.6 is 0 Å². The van der Waals surface area contributed by atoms with Gasteiger partial charge in [0.05, 0.1) is 22.6 Å². The molecule has 1 aliphatic heterocycles. The molecule has 292 valence electrons. The predicted molar refractivity (Wildman–Crippen MR) is 191 cm³/mol. The lowest BCUT2D eigenvalue weighted by atomic mass is 9.47. The summed E-state index contributed by atoms with van der Waals surface area (Å²) in [5.74, 6) is -6.10. The van der Waals surface area contributed by atoms with E-state index in [0.29, 0.717) is 6.42 Å². The molecule has 0 radical (unpaired) electrons. The van der Waals surface area contributed by atoms with Gasteiger partial charge in [0.15, 0.2) is 12.2 Å². The molecule has 1 saturated heterocycles. The zero-order valence-electron chi connectivity index (χ0n) is 31.9. The average Bonchev–Trinajstić information content (AvgIpc) is 3.31. The Balaban J connectivity index is 1.82. The first-order valence-electron chi connectivity index (χ1n) is 18.5. The fourth-order valence-corrected chi connectivity index (χ4v) is 8.91. The van der Waals surface area contributed by atoms with E-state index in [1.165, 1.54) is 26.0 Å². The van der Waals surface area contributed by atoms with Crippen LogP contribution in [0, 0.1) is 17.3 Å². The van der Waals surface area contributed by atoms with Crippen LogP contribution in [0.1, 0.15) is 101 Å². The van der Waals surface area contributed by atoms with Crippen molar-refractivity contribution >= 4 is 35.8 Å². The summed E-state index contributed by atoms with van der Waals surface area (Å²) in [4.78, 5) is 80.8. The molecule has 0 N–H and O–H groups in total. The largest absolute Gasteiger partial charge is 0.465 e. The Morgan fingerprint density at radius 1 is 0.704 bits per heavy atom. The minimum absolute atomic E-state index is 0.0376. The molecule has 2 saturated carbocycles. The van der Waals surface area contributed by atoms with Crippen molar-refractivity contribution in [1.29, 1.82) is 0 Å². The van der Waals surface area contributed by atoms with E-state index >= 15 is 0 Å². The molecule has 0 aromatic heterocycles. The highest BCUT2D eigenvalue weighted by atomic mass is 16.6. The van der Waals surface area contributed by atoms with Crippen molar-refractivity contribution in [2.45, 2.75) is 122 Å². The number of hydrogen-bond acceptors (Lipinski definition) is 13. The first-order chi connectivity index (χ1) is 25.6. The Bertz CT molecular complexity index is 1710. The summed E-state index contributed by atoms with van der Waals surface area (Å²) in [5, 5.41) is 0. The normalized spacial score (nSPS) is 30.5. The lowest BCUT2D eigenvalue weighted by Gasteiger charge is -2.64. The van der Waals surface area contributed by atoms with E-state index in [1.807, 2.05) is 6.92 Å². The van der Waals surface area contributed by atoms with Crippen LogP contribution in [0.5, 0.6) is 0 Å². The van der Waals surface area contributed by atoms with Crippen molar-refractivity contribution in [2.24, 2.45) is 17.3 Å². The van der Waals surface area contributed by atoms with Gasteiger partial charge in [0.2, 0.25) is 0 Å². The summed E-state index contributed by atoms with van der Waals surface area (Å²) in [6.07, 6.45) is -4.75. The molecule has 2 aromatic carbocycles. The SMILES string of the molecule is CCCCCC(=O)OC1CC(C)C23OC(C)(C)C(C(OC(=O)c4ccccc4)C(OC(C)=O)C2(COC(C)=O)C1OC(=O)c1ccccc1)C3OC(C)=O. The van der Waals surface area contributed by atoms with Crippen molar-refractivity contribution in [2.75, 3.05) is 6.61 Å². The monoisotopic (exact) mass is 750 g/mol. The number of fused-ring (bicyclic) bond motifs is 1. The van der Waals surface area contributed by atoms with E-state index in [-0.39, 0.29) is 24.0 Å². The predicted octanol–water partition coefficient (Wildman–Crippen LogP) is 5.56. The number of ether oxygens (including phenoxy) is 7. The van der Waals surface area contributed by atoms with Gasteiger partial charge in [-0.1, -0.05) is 63.1 Å². The first-order valence-corrected chi connectivity index (χ1v) is 18.5. The van der Waals surface area contributed by atoms with Crippen LogP contribution in [-0.2, 0) is 52.3 Å².